The molecule has 0 fully saturated rings. The van der Waals surface area contributed by atoms with Gasteiger partial charge in [-0.3, -0.25) is 14.9 Å². The molecule has 134 valence electrons. The topological polar surface area (TPSA) is 98.5 Å². The number of nitrogens with one attached hydrogen (secondary N) is 1. The molecule has 0 atom stereocenters. The zero-order chi connectivity index (χ0) is 19.1. The van der Waals surface area contributed by atoms with Gasteiger partial charge in [-0.2, -0.15) is 0 Å². The van der Waals surface area contributed by atoms with E-state index < -0.39 is 23.4 Å². The first-order chi connectivity index (χ1) is 12.4. The minimum absolute atomic E-state index is 0.121. The van der Waals surface area contributed by atoms with Gasteiger partial charge in [0.05, 0.1) is 10.5 Å². The zero-order valence-electron chi connectivity index (χ0n) is 14.4. The summed E-state index contributed by atoms with van der Waals surface area (Å²) in [4.78, 5) is 33.9. The number of para-hydroxylation sites is 1. The Kier molecular flexibility index (Phi) is 6.21. The third-order valence-corrected chi connectivity index (χ3v) is 3.67. The fourth-order valence-corrected chi connectivity index (χ4v) is 2.15. The maximum atomic E-state index is 11.8. The molecule has 0 aliphatic carbocycles. The number of carbonyl (C=O) groups excluding carboxylic acids is 2. The van der Waals surface area contributed by atoms with Crippen LogP contribution in [-0.2, 0) is 14.3 Å². The van der Waals surface area contributed by atoms with Crippen molar-refractivity contribution >= 4 is 29.3 Å². The maximum Gasteiger partial charge on any atom is 0.331 e. The Balaban J connectivity index is 1.89. The van der Waals surface area contributed by atoms with Gasteiger partial charge in [0.2, 0.25) is 0 Å². The standard InChI is InChI=1S/C19H18N2O5/c1-13-7-9-16(11-14(13)2)20-18(22)12-26-19(23)10-8-15-5-3-4-6-17(15)21(24)25/h3-11H,12H2,1-2H3,(H,20,22)/b10-8+. The van der Waals surface area contributed by atoms with Crippen LogP contribution >= 0.6 is 0 Å². The molecule has 26 heavy (non-hydrogen) atoms. The van der Waals surface area contributed by atoms with E-state index in [4.69, 9.17) is 4.74 Å². The van der Waals surface area contributed by atoms with Crippen molar-refractivity contribution in [1.29, 1.82) is 0 Å². The first-order valence-corrected chi connectivity index (χ1v) is 7.82. The molecule has 0 aliphatic heterocycles. The van der Waals surface area contributed by atoms with Crippen molar-refractivity contribution in [2.24, 2.45) is 0 Å². The first-order valence-electron chi connectivity index (χ1n) is 7.82. The summed E-state index contributed by atoms with van der Waals surface area (Å²) in [5.74, 6) is -1.24. The van der Waals surface area contributed by atoms with Crippen LogP contribution in [-0.4, -0.2) is 23.4 Å². The number of esters is 1. The molecule has 0 saturated carbocycles. The van der Waals surface area contributed by atoms with Crippen molar-refractivity contribution in [1.82, 2.24) is 0 Å². The quantitative estimate of drug-likeness (QED) is 0.371. The molecule has 2 aromatic carbocycles. The second-order valence-electron chi connectivity index (χ2n) is 5.60. The van der Waals surface area contributed by atoms with Crippen LogP contribution in [0.1, 0.15) is 16.7 Å². The predicted molar refractivity (Wildman–Crippen MR) is 97.6 cm³/mol. The summed E-state index contributed by atoms with van der Waals surface area (Å²) in [5.41, 5.74) is 2.91. The first kappa shape index (κ1) is 18.9. The average molecular weight is 354 g/mol. The number of benzene rings is 2. The second kappa shape index (κ2) is 8.57. The van der Waals surface area contributed by atoms with Gasteiger partial charge in [-0.15, -0.1) is 0 Å². The smallest absolute Gasteiger partial charge is 0.331 e. The largest absolute Gasteiger partial charge is 0.452 e. The van der Waals surface area contributed by atoms with Gasteiger partial charge in [-0.25, -0.2) is 4.79 Å². The highest BCUT2D eigenvalue weighted by molar-refractivity contribution is 5.94. The van der Waals surface area contributed by atoms with E-state index >= 15 is 0 Å². The number of rotatable bonds is 6. The molecule has 0 aliphatic rings. The van der Waals surface area contributed by atoms with Gasteiger partial charge in [0.1, 0.15) is 0 Å². The highest BCUT2D eigenvalue weighted by atomic mass is 16.6. The van der Waals surface area contributed by atoms with E-state index in [0.717, 1.165) is 17.2 Å². The summed E-state index contributed by atoms with van der Waals surface area (Å²) in [6, 6.07) is 11.5. The fourth-order valence-electron chi connectivity index (χ4n) is 2.15. The number of aryl methyl sites for hydroxylation is 2. The highest BCUT2D eigenvalue weighted by Crippen LogP contribution is 2.19. The number of hydrogen-bond donors (Lipinski definition) is 1. The molecule has 0 radical (unpaired) electrons. The lowest BCUT2D eigenvalue weighted by Crippen LogP contribution is -2.20. The lowest BCUT2D eigenvalue weighted by molar-refractivity contribution is -0.385. The SMILES string of the molecule is Cc1ccc(NC(=O)COC(=O)/C=C/c2ccccc2[N+](=O)[O-])cc1C. The average Bonchev–Trinajstić information content (AvgIpc) is 2.61. The molecule has 0 heterocycles. The minimum Gasteiger partial charge on any atom is -0.452 e. The molecule has 2 rings (SSSR count). The normalized spacial score (nSPS) is 10.5. The molecule has 0 aromatic heterocycles. The third kappa shape index (κ3) is 5.27. The fraction of sp³-hybridized carbons (Fsp3) is 0.158. The van der Waals surface area contributed by atoms with E-state index in [-0.39, 0.29) is 11.3 Å². The Morgan fingerprint density at radius 1 is 1.15 bits per heavy atom. The molecule has 7 nitrogen and oxygen atoms in total. The highest BCUT2D eigenvalue weighted by Gasteiger charge is 2.11. The van der Waals surface area contributed by atoms with Gasteiger partial charge in [0, 0.05) is 17.8 Å². The minimum atomic E-state index is -0.765. The lowest BCUT2D eigenvalue weighted by atomic mass is 10.1. The predicted octanol–water partition coefficient (Wildman–Crippen LogP) is 3.41. The van der Waals surface area contributed by atoms with Gasteiger partial charge in [0.25, 0.3) is 11.6 Å². The Bertz CT molecular complexity index is 874. The summed E-state index contributed by atoms with van der Waals surface area (Å²) in [5, 5.41) is 13.5. The van der Waals surface area contributed by atoms with Crippen LogP contribution in [0.15, 0.2) is 48.5 Å². The summed E-state index contributed by atoms with van der Waals surface area (Å²) >= 11 is 0. The number of nitro benzene ring substituents is 1. The number of nitro groups is 1. The Morgan fingerprint density at radius 2 is 1.88 bits per heavy atom. The molecule has 7 heteroatoms. The number of hydrogen-bond acceptors (Lipinski definition) is 5. The van der Waals surface area contributed by atoms with Crippen LogP contribution in [0.3, 0.4) is 0 Å². The lowest BCUT2D eigenvalue weighted by Gasteiger charge is -2.07. The number of nitrogens with zero attached hydrogens (tertiary/aromatic N) is 1. The van der Waals surface area contributed by atoms with Gasteiger partial charge in [-0.1, -0.05) is 18.2 Å². The van der Waals surface area contributed by atoms with Crippen LogP contribution in [0.25, 0.3) is 6.08 Å². The molecule has 0 saturated heterocycles. The molecule has 0 unspecified atom stereocenters. The number of amides is 1. The molecule has 2 aromatic rings. The Morgan fingerprint density at radius 3 is 2.58 bits per heavy atom. The van der Waals surface area contributed by atoms with E-state index in [1.54, 1.807) is 12.1 Å². The van der Waals surface area contributed by atoms with Crippen LogP contribution < -0.4 is 5.32 Å². The summed E-state index contributed by atoms with van der Waals surface area (Å²) in [6.45, 7) is 3.44. The van der Waals surface area contributed by atoms with Crippen molar-refractivity contribution in [2.75, 3.05) is 11.9 Å². The second-order valence-corrected chi connectivity index (χ2v) is 5.60. The maximum absolute atomic E-state index is 11.8. The molecule has 0 spiro atoms. The van der Waals surface area contributed by atoms with Gasteiger partial charge in [0.15, 0.2) is 6.61 Å². The molecular formula is C19H18N2O5. The van der Waals surface area contributed by atoms with E-state index in [1.807, 2.05) is 26.0 Å². The van der Waals surface area contributed by atoms with Crippen molar-refractivity contribution in [3.8, 4) is 0 Å². The Hall–Kier alpha value is -3.48. The van der Waals surface area contributed by atoms with E-state index in [0.29, 0.717) is 5.69 Å². The van der Waals surface area contributed by atoms with Crippen LogP contribution in [0.4, 0.5) is 11.4 Å². The molecule has 0 bridgehead atoms. The summed E-state index contributed by atoms with van der Waals surface area (Å²) in [7, 11) is 0. The van der Waals surface area contributed by atoms with Crippen molar-refractivity contribution in [3.05, 3.63) is 75.3 Å². The molecule has 1 N–H and O–H groups in total. The van der Waals surface area contributed by atoms with Crippen molar-refractivity contribution in [3.63, 3.8) is 0 Å². The number of anilines is 1. The Labute approximate surface area is 150 Å². The van der Waals surface area contributed by atoms with Gasteiger partial charge < -0.3 is 10.1 Å². The monoisotopic (exact) mass is 354 g/mol. The van der Waals surface area contributed by atoms with Gasteiger partial charge >= 0.3 is 5.97 Å². The van der Waals surface area contributed by atoms with Gasteiger partial charge in [-0.05, 0) is 49.2 Å². The zero-order valence-corrected chi connectivity index (χ0v) is 14.4. The molecular weight excluding hydrogens is 336 g/mol. The number of ether oxygens (including phenoxy) is 1. The van der Waals surface area contributed by atoms with E-state index in [2.05, 4.69) is 5.32 Å². The number of carbonyl (C=O) groups is 2. The van der Waals surface area contributed by atoms with Crippen LogP contribution in [0, 0.1) is 24.0 Å². The van der Waals surface area contributed by atoms with Crippen LogP contribution in [0.5, 0.6) is 0 Å². The van der Waals surface area contributed by atoms with Crippen molar-refractivity contribution < 1.29 is 19.2 Å². The van der Waals surface area contributed by atoms with Crippen LogP contribution in [0.2, 0.25) is 0 Å². The summed E-state index contributed by atoms with van der Waals surface area (Å²) < 4.78 is 4.84. The molecule has 1 amide bonds. The third-order valence-electron chi connectivity index (χ3n) is 3.67. The van der Waals surface area contributed by atoms with E-state index in [1.165, 1.54) is 24.3 Å². The van der Waals surface area contributed by atoms with Crippen molar-refractivity contribution in [2.45, 2.75) is 13.8 Å². The summed E-state index contributed by atoms with van der Waals surface area (Å²) in [6.07, 6.45) is 2.33. The van der Waals surface area contributed by atoms with E-state index in [9.17, 15) is 19.7 Å².